The van der Waals surface area contributed by atoms with Gasteiger partial charge in [0.05, 0.1) is 6.10 Å². The molecule has 2 fully saturated rings. The molecule has 2 aliphatic carbocycles. The Kier molecular flexibility index (Phi) is 2.19. The van der Waals surface area contributed by atoms with Crippen LogP contribution in [-0.2, 0) is 0 Å². The second-order valence-electron chi connectivity index (χ2n) is 4.64. The molecule has 0 aromatic rings. The van der Waals surface area contributed by atoms with Crippen molar-refractivity contribution in [2.75, 3.05) is 0 Å². The van der Waals surface area contributed by atoms with Crippen LogP contribution in [0.5, 0.6) is 0 Å². The van der Waals surface area contributed by atoms with E-state index in [2.05, 4.69) is 29.5 Å². The smallest absolute Gasteiger partial charge is 0.0607 e. The molecule has 0 aromatic carbocycles. The van der Waals surface area contributed by atoms with Crippen LogP contribution in [0, 0.1) is 5.41 Å². The number of alkyl halides is 1. The maximum Gasteiger partial charge on any atom is 0.0607 e. The minimum atomic E-state index is -0.0327. The van der Waals surface area contributed by atoms with E-state index in [9.17, 15) is 5.11 Å². The first-order chi connectivity index (χ1) is 5.58. The Morgan fingerprint density at radius 1 is 1.25 bits per heavy atom. The number of aliphatic hydroxyl groups is 1. The summed E-state index contributed by atoms with van der Waals surface area (Å²) in [5.41, 5.74) is 0.228. The van der Waals surface area contributed by atoms with Gasteiger partial charge in [0.25, 0.3) is 0 Å². The topological polar surface area (TPSA) is 20.2 Å². The fourth-order valence-electron chi connectivity index (χ4n) is 2.97. The van der Waals surface area contributed by atoms with E-state index in [1.807, 2.05) is 0 Å². The van der Waals surface area contributed by atoms with Gasteiger partial charge in [-0.15, -0.1) is 0 Å². The first-order valence-electron chi connectivity index (χ1n) is 4.95. The lowest BCUT2D eigenvalue weighted by Crippen LogP contribution is -2.44. The average molecular weight is 280 g/mol. The molecule has 0 bridgehead atoms. The van der Waals surface area contributed by atoms with E-state index >= 15 is 0 Å². The van der Waals surface area contributed by atoms with Crippen LogP contribution < -0.4 is 0 Å². The summed E-state index contributed by atoms with van der Waals surface area (Å²) in [6.45, 7) is 2.29. The second kappa shape index (κ2) is 2.84. The third-order valence-corrected chi connectivity index (χ3v) is 6.40. The molecule has 0 heterocycles. The molecule has 2 aliphatic rings. The number of halogens is 1. The molecule has 70 valence electrons. The van der Waals surface area contributed by atoms with Crippen molar-refractivity contribution >= 4 is 22.6 Å². The summed E-state index contributed by atoms with van der Waals surface area (Å²) < 4.78 is 0.419. The van der Waals surface area contributed by atoms with Crippen molar-refractivity contribution in [2.45, 2.75) is 55.0 Å². The zero-order chi connectivity index (χ0) is 8.82. The molecule has 2 heteroatoms. The highest BCUT2D eigenvalue weighted by Crippen LogP contribution is 2.59. The summed E-state index contributed by atoms with van der Waals surface area (Å²) in [6.07, 6.45) is 7.46. The van der Waals surface area contributed by atoms with Gasteiger partial charge in [-0.3, -0.25) is 0 Å². The monoisotopic (exact) mass is 280 g/mol. The van der Waals surface area contributed by atoms with E-state index in [-0.39, 0.29) is 11.5 Å². The van der Waals surface area contributed by atoms with Gasteiger partial charge in [0.15, 0.2) is 0 Å². The van der Waals surface area contributed by atoms with Gasteiger partial charge in [-0.2, -0.15) is 0 Å². The summed E-state index contributed by atoms with van der Waals surface area (Å²) in [5, 5.41) is 9.94. The lowest BCUT2D eigenvalue weighted by Gasteiger charge is -2.45. The average Bonchev–Trinajstić information content (AvgIpc) is 2.28. The summed E-state index contributed by atoms with van der Waals surface area (Å²) in [7, 11) is 0. The van der Waals surface area contributed by atoms with Gasteiger partial charge in [0.2, 0.25) is 0 Å². The van der Waals surface area contributed by atoms with Crippen LogP contribution in [0.3, 0.4) is 0 Å². The van der Waals surface area contributed by atoms with Crippen LogP contribution in [0.1, 0.15) is 45.4 Å². The lowest BCUT2D eigenvalue weighted by molar-refractivity contribution is 0.0310. The molecule has 0 saturated heterocycles. The first-order valence-corrected chi connectivity index (χ1v) is 6.03. The van der Waals surface area contributed by atoms with Gasteiger partial charge < -0.3 is 5.11 Å². The number of rotatable bonds is 0. The Morgan fingerprint density at radius 2 is 1.92 bits per heavy atom. The van der Waals surface area contributed by atoms with Crippen LogP contribution in [0.25, 0.3) is 0 Å². The minimum absolute atomic E-state index is 0.0327. The zero-order valence-electron chi connectivity index (χ0n) is 7.65. The number of fused-ring (bicyclic) bond motifs is 1. The third-order valence-electron chi connectivity index (χ3n) is 4.09. The Labute approximate surface area is 88.1 Å². The molecule has 0 amide bonds. The second-order valence-corrected chi connectivity index (χ2v) is 6.71. The predicted molar refractivity (Wildman–Crippen MR) is 58.6 cm³/mol. The Bertz CT molecular complexity index is 190. The molecule has 1 N–H and O–H groups in total. The zero-order valence-corrected chi connectivity index (χ0v) is 9.80. The molecule has 0 aromatic heterocycles. The van der Waals surface area contributed by atoms with Crippen LogP contribution in [-0.4, -0.2) is 14.6 Å². The maximum atomic E-state index is 9.94. The quantitative estimate of drug-likeness (QED) is 0.534. The van der Waals surface area contributed by atoms with Crippen molar-refractivity contribution in [3.05, 3.63) is 0 Å². The molecule has 12 heavy (non-hydrogen) atoms. The minimum Gasteiger partial charge on any atom is -0.393 e. The molecule has 0 spiro atoms. The largest absolute Gasteiger partial charge is 0.393 e. The molecule has 2 rings (SSSR count). The fourth-order valence-corrected chi connectivity index (χ4v) is 4.29. The van der Waals surface area contributed by atoms with Gasteiger partial charge in [-0.05, 0) is 25.7 Å². The van der Waals surface area contributed by atoms with E-state index in [4.69, 9.17) is 0 Å². The summed E-state index contributed by atoms with van der Waals surface area (Å²) in [4.78, 5) is 0. The van der Waals surface area contributed by atoms with Gasteiger partial charge in [0.1, 0.15) is 0 Å². The summed E-state index contributed by atoms with van der Waals surface area (Å²) >= 11 is 2.61. The van der Waals surface area contributed by atoms with Crippen molar-refractivity contribution in [3.8, 4) is 0 Å². The van der Waals surface area contributed by atoms with Crippen LogP contribution in [0.15, 0.2) is 0 Å². The van der Waals surface area contributed by atoms with Gasteiger partial charge in [-0.1, -0.05) is 42.4 Å². The van der Waals surface area contributed by atoms with Crippen LogP contribution >= 0.6 is 22.6 Å². The Hall–Kier alpha value is 0.690. The maximum absolute atomic E-state index is 9.94. The van der Waals surface area contributed by atoms with Crippen molar-refractivity contribution in [3.63, 3.8) is 0 Å². The highest BCUT2D eigenvalue weighted by atomic mass is 127. The molecule has 3 unspecified atom stereocenters. The normalized spacial score (nSPS) is 53.8. The summed E-state index contributed by atoms with van der Waals surface area (Å²) in [6, 6.07) is 0. The third kappa shape index (κ3) is 1.07. The number of hydrogen-bond donors (Lipinski definition) is 1. The van der Waals surface area contributed by atoms with E-state index in [1.54, 1.807) is 0 Å². The number of hydrogen-bond acceptors (Lipinski definition) is 1. The van der Waals surface area contributed by atoms with Crippen LogP contribution in [0.4, 0.5) is 0 Å². The highest BCUT2D eigenvalue weighted by Gasteiger charge is 2.56. The lowest BCUT2D eigenvalue weighted by atomic mass is 9.68. The summed E-state index contributed by atoms with van der Waals surface area (Å²) in [5.74, 6) is 0. The van der Waals surface area contributed by atoms with E-state index in [0.29, 0.717) is 3.42 Å². The molecule has 1 nitrogen and oxygen atoms in total. The first kappa shape index (κ1) is 9.25. The molecule has 0 radical (unpaired) electrons. The van der Waals surface area contributed by atoms with Gasteiger partial charge in [0, 0.05) is 8.84 Å². The SMILES string of the molecule is CC12CCCCC1(I)CCC2O. The van der Waals surface area contributed by atoms with Crippen LogP contribution in [0.2, 0.25) is 0 Å². The molecular weight excluding hydrogens is 263 g/mol. The van der Waals surface area contributed by atoms with Crippen molar-refractivity contribution in [1.82, 2.24) is 0 Å². The van der Waals surface area contributed by atoms with Crippen molar-refractivity contribution in [1.29, 1.82) is 0 Å². The Balaban J connectivity index is 2.29. The van der Waals surface area contributed by atoms with Crippen molar-refractivity contribution < 1.29 is 5.11 Å². The van der Waals surface area contributed by atoms with Gasteiger partial charge in [-0.25, -0.2) is 0 Å². The predicted octanol–water partition coefficient (Wildman–Crippen LogP) is 2.90. The molecule has 2 saturated carbocycles. The molecule has 0 aliphatic heterocycles. The fraction of sp³-hybridized carbons (Fsp3) is 1.00. The van der Waals surface area contributed by atoms with Crippen molar-refractivity contribution in [2.24, 2.45) is 5.41 Å². The highest BCUT2D eigenvalue weighted by molar-refractivity contribution is 14.1. The molecule has 3 atom stereocenters. The number of aliphatic hydroxyl groups excluding tert-OH is 1. The van der Waals surface area contributed by atoms with E-state index in [1.165, 1.54) is 32.1 Å². The van der Waals surface area contributed by atoms with E-state index < -0.39 is 0 Å². The molecular formula is C10H17IO. The van der Waals surface area contributed by atoms with E-state index in [0.717, 1.165) is 6.42 Å². The van der Waals surface area contributed by atoms with Gasteiger partial charge >= 0.3 is 0 Å². The standard InChI is InChI=1S/C10H17IO/c1-9-5-2-3-6-10(9,11)7-4-8(9)12/h8,12H,2-7H2,1H3. The Morgan fingerprint density at radius 3 is 2.58 bits per heavy atom.